The summed E-state index contributed by atoms with van der Waals surface area (Å²) >= 11 is 0. The second-order valence-electron chi connectivity index (χ2n) is 13.5. The van der Waals surface area contributed by atoms with Crippen LogP contribution >= 0.6 is 8.58 Å². The molecule has 7 atom stereocenters. The van der Waals surface area contributed by atoms with Gasteiger partial charge in [0, 0.05) is 0 Å². The summed E-state index contributed by atoms with van der Waals surface area (Å²) in [6, 6.07) is 0. The van der Waals surface area contributed by atoms with Crippen molar-refractivity contribution in [2.75, 3.05) is 6.66 Å². The van der Waals surface area contributed by atoms with E-state index in [4.69, 9.17) is 0 Å². The minimum absolute atomic E-state index is 0.491. The lowest BCUT2D eigenvalue weighted by molar-refractivity contribution is 0.0213. The highest BCUT2D eigenvalue weighted by molar-refractivity contribution is 7.38. The van der Waals surface area contributed by atoms with Crippen LogP contribution in [0.4, 0.5) is 0 Å². The van der Waals surface area contributed by atoms with Crippen molar-refractivity contribution in [3.8, 4) is 0 Å². The zero-order valence-electron chi connectivity index (χ0n) is 22.7. The summed E-state index contributed by atoms with van der Waals surface area (Å²) in [7, 11) is 1.15. The van der Waals surface area contributed by atoms with Crippen LogP contribution in [0.5, 0.6) is 0 Å². The van der Waals surface area contributed by atoms with Crippen molar-refractivity contribution in [2.24, 2.45) is 40.4 Å². The molecule has 0 heterocycles. The first-order valence-electron chi connectivity index (χ1n) is 14.6. The maximum absolute atomic E-state index is 2.65. The Kier molecular flexibility index (Phi) is 10.2. The minimum atomic E-state index is 0.491. The molecule has 2 bridgehead atoms. The van der Waals surface area contributed by atoms with Gasteiger partial charge in [-0.15, -0.1) is 8.58 Å². The highest BCUT2D eigenvalue weighted by Crippen LogP contribution is 2.60. The third-order valence-electron chi connectivity index (χ3n) is 10.1. The first-order valence-corrected chi connectivity index (χ1v) is 16.2. The largest absolute Gasteiger partial charge is 0.121 e. The van der Waals surface area contributed by atoms with E-state index in [1.165, 1.54) is 77.0 Å². The lowest BCUT2D eigenvalue weighted by Gasteiger charge is -2.55. The number of fused-ring (bicyclic) bond motifs is 1. The van der Waals surface area contributed by atoms with Gasteiger partial charge in [0.05, 0.1) is 0 Å². The topological polar surface area (TPSA) is 0 Å². The van der Waals surface area contributed by atoms with Gasteiger partial charge in [-0.1, -0.05) is 72.5 Å². The normalized spacial score (nSPS) is 40.9. The summed E-state index contributed by atoms with van der Waals surface area (Å²) < 4.78 is 0. The van der Waals surface area contributed by atoms with Crippen LogP contribution in [0.15, 0.2) is 12.2 Å². The highest BCUT2D eigenvalue weighted by Gasteiger charge is 2.51. The van der Waals surface area contributed by atoms with Gasteiger partial charge in [0.1, 0.15) is 0 Å². The monoisotopic (exact) mass is 460 g/mol. The summed E-state index contributed by atoms with van der Waals surface area (Å²) in [5.41, 5.74) is 2.16. The predicted octanol–water partition coefficient (Wildman–Crippen LogP) is 10.3. The van der Waals surface area contributed by atoms with Gasteiger partial charge in [-0.3, -0.25) is 0 Å². The SMILES string of the molecule is CPC1C2CCC3CCCCC(C)(C)C/C=C\CCCC31CCC(CC(C)C)CCC2C. The average Bonchev–Trinajstić information content (AvgIpc) is 2.78. The van der Waals surface area contributed by atoms with Gasteiger partial charge in [0.25, 0.3) is 0 Å². The van der Waals surface area contributed by atoms with E-state index < -0.39 is 0 Å². The Morgan fingerprint density at radius 3 is 2.44 bits per heavy atom. The van der Waals surface area contributed by atoms with E-state index in [1.807, 2.05) is 0 Å². The van der Waals surface area contributed by atoms with E-state index in [-0.39, 0.29) is 0 Å². The van der Waals surface area contributed by atoms with E-state index in [1.54, 1.807) is 19.3 Å². The molecular weight excluding hydrogens is 403 g/mol. The standard InChI is InChI=1S/C31H57P/c1-24(2)23-26-15-14-25(3)28-17-16-27-13-9-12-20-30(4,5)19-10-7-8-11-21-31(27,22-18-26)29(28)32-6/h7,10,24-29,32H,8-9,11-23H2,1-6H3/b10-7-. The van der Waals surface area contributed by atoms with E-state index in [2.05, 4.69) is 53.4 Å². The van der Waals surface area contributed by atoms with Crippen molar-refractivity contribution in [1.29, 1.82) is 0 Å². The fourth-order valence-corrected chi connectivity index (χ4v) is 10.3. The Bertz CT molecular complexity index is 575. The van der Waals surface area contributed by atoms with Crippen LogP contribution in [0, 0.1) is 40.4 Å². The minimum Gasteiger partial charge on any atom is -0.121 e. The molecule has 7 unspecified atom stereocenters. The summed E-state index contributed by atoms with van der Waals surface area (Å²) in [6.07, 6.45) is 27.1. The van der Waals surface area contributed by atoms with Crippen molar-refractivity contribution in [1.82, 2.24) is 0 Å². The molecule has 3 aliphatic rings. The lowest BCUT2D eigenvalue weighted by Crippen LogP contribution is -2.49. The predicted molar refractivity (Wildman–Crippen MR) is 147 cm³/mol. The van der Waals surface area contributed by atoms with Crippen LogP contribution in [0.3, 0.4) is 0 Å². The van der Waals surface area contributed by atoms with Crippen molar-refractivity contribution in [2.45, 2.75) is 137 Å². The quantitative estimate of drug-likeness (QED) is 0.290. The van der Waals surface area contributed by atoms with E-state index >= 15 is 0 Å². The van der Waals surface area contributed by atoms with Gasteiger partial charge in [-0.25, -0.2) is 0 Å². The number of hydrogen-bond donors (Lipinski definition) is 0. The first-order chi connectivity index (χ1) is 15.3. The van der Waals surface area contributed by atoms with Gasteiger partial charge in [0.15, 0.2) is 0 Å². The van der Waals surface area contributed by atoms with Gasteiger partial charge in [-0.05, 0) is 123 Å². The van der Waals surface area contributed by atoms with E-state index in [0.29, 0.717) is 10.8 Å². The summed E-state index contributed by atoms with van der Waals surface area (Å²) in [5.74, 6) is 4.81. The second kappa shape index (κ2) is 12.2. The number of rotatable bonds is 3. The molecule has 0 saturated heterocycles. The molecule has 3 rings (SSSR count). The van der Waals surface area contributed by atoms with Crippen molar-refractivity contribution < 1.29 is 0 Å². The average molecular weight is 461 g/mol. The molecule has 0 aromatic heterocycles. The molecule has 2 fully saturated rings. The molecule has 0 amide bonds. The molecule has 0 nitrogen and oxygen atoms in total. The first kappa shape index (κ1) is 26.8. The Balaban J connectivity index is 1.89. The summed E-state index contributed by atoms with van der Waals surface area (Å²) in [4.78, 5) is 0. The van der Waals surface area contributed by atoms with Crippen LogP contribution in [-0.4, -0.2) is 12.3 Å². The van der Waals surface area contributed by atoms with Crippen LogP contribution in [0.1, 0.15) is 131 Å². The molecule has 1 heteroatoms. The van der Waals surface area contributed by atoms with Gasteiger partial charge >= 0.3 is 0 Å². The summed E-state index contributed by atoms with van der Waals surface area (Å²) in [5, 5.41) is 0. The third-order valence-corrected chi connectivity index (χ3v) is 11.7. The van der Waals surface area contributed by atoms with Crippen LogP contribution < -0.4 is 0 Å². The van der Waals surface area contributed by atoms with Crippen molar-refractivity contribution >= 4 is 8.58 Å². The van der Waals surface area contributed by atoms with E-state index in [9.17, 15) is 0 Å². The smallest absolute Gasteiger partial charge is 0.0149 e. The fraction of sp³-hybridized carbons (Fsp3) is 0.935. The maximum atomic E-state index is 2.65. The Hall–Kier alpha value is 0.170. The molecule has 3 aliphatic carbocycles. The molecule has 2 saturated carbocycles. The van der Waals surface area contributed by atoms with Gasteiger partial charge in [-0.2, -0.15) is 0 Å². The zero-order valence-corrected chi connectivity index (χ0v) is 23.7. The van der Waals surface area contributed by atoms with Crippen molar-refractivity contribution in [3.63, 3.8) is 0 Å². The number of allylic oxidation sites excluding steroid dienone is 2. The fourth-order valence-electron chi connectivity index (χ4n) is 8.32. The Morgan fingerprint density at radius 1 is 0.875 bits per heavy atom. The van der Waals surface area contributed by atoms with E-state index in [0.717, 1.165) is 43.8 Å². The molecule has 0 N–H and O–H groups in total. The molecule has 1 spiro atoms. The third kappa shape index (κ3) is 6.86. The molecule has 0 aromatic carbocycles. The van der Waals surface area contributed by atoms with Crippen molar-refractivity contribution in [3.05, 3.63) is 12.2 Å². The molecule has 0 radical (unpaired) electrons. The second-order valence-corrected chi connectivity index (χ2v) is 14.7. The van der Waals surface area contributed by atoms with Gasteiger partial charge in [0.2, 0.25) is 0 Å². The highest BCUT2D eigenvalue weighted by atomic mass is 31.1. The molecule has 0 aromatic rings. The molecule has 32 heavy (non-hydrogen) atoms. The Morgan fingerprint density at radius 2 is 1.69 bits per heavy atom. The lowest BCUT2D eigenvalue weighted by atomic mass is 9.55. The summed E-state index contributed by atoms with van der Waals surface area (Å²) in [6.45, 7) is 15.1. The van der Waals surface area contributed by atoms with Gasteiger partial charge < -0.3 is 0 Å². The Labute approximate surface area is 204 Å². The van der Waals surface area contributed by atoms with Crippen LogP contribution in [-0.2, 0) is 0 Å². The van der Waals surface area contributed by atoms with Crippen LogP contribution in [0.25, 0.3) is 0 Å². The number of hydrogen-bond acceptors (Lipinski definition) is 0. The molecular formula is C31H57P. The zero-order chi connectivity index (χ0) is 23.2. The molecule has 186 valence electrons. The van der Waals surface area contributed by atoms with Crippen LogP contribution in [0.2, 0.25) is 0 Å². The molecule has 0 aliphatic heterocycles. The maximum Gasteiger partial charge on any atom is -0.0149 e.